The number of ketones is 1. The fraction of sp³-hybridized carbons (Fsp3) is 0.821. The zero-order valence-corrected chi connectivity index (χ0v) is 22.4. The smallest absolute Gasteiger partial charge is 0.225 e. The number of fused-ring (bicyclic) bond motifs is 2. The first-order valence-corrected chi connectivity index (χ1v) is 14.2. The summed E-state index contributed by atoms with van der Waals surface area (Å²) in [4.78, 5) is 32.0. The Morgan fingerprint density at radius 1 is 0.857 bits per heavy atom. The zero-order chi connectivity index (χ0) is 24.5. The molecule has 1 saturated carbocycles. The molecule has 5 rings (SSSR count). The van der Waals surface area contributed by atoms with E-state index in [1.54, 1.807) is 0 Å². The largest absolute Gasteiger partial charge is 0.332 e. The monoisotopic (exact) mass is 482 g/mol. The van der Waals surface area contributed by atoms with Crippen LogP contribution in [0.4, 0.5) is 5.95 Å². The van der Waals surface area contributed by atoms with Crippen molar-refractivity contribution in [1.82, 2.24) is 24.7 Å². The Morgan fingerprint density at radius 2 is 1.43 bits per heavy atom. The number of likely N-dealkylation sites (tertiary alicyclic amines) is 1. The molecule has 1 aromatic rings. The lowest BCUT2D eigenvalue weighted by atomic mass is 9.82. The lowest BCUT2D eigenvalue weighted by molar-refractivity contribution is -0.123. The second-order valence-corrected chi connectivity index (χ2v) is 12.1. The van der Waals surface area contributed by atoms with Gasteiger partial charge < -0.3 is 4.90 Å². The van der Waals surface area contributed by atoms with Crippen LogP contribution in [-0.2, 0) is 4.79 Å². The van der Waals surface area contributed by atoms with E-state index in [9.17, 15) is 4.79 Å². The van der Waals surface area contributed by atoms with Gasteiger partial charge in [-0.25, -0.2) is 9.97 Å². The van der Waals surface area contributed by atoms with Gasteiger partial charge in [0.25, 0.3) is 0 Å². The van der Waals surface area contributed by atoms with Crippen LogP contribution in [0.1, 0.15) is 77.7 Å². The quantitative estimate of drug-likeness (QED) is 0.590. The van der Waals surface area contributed by atoms with Gasteiger partial charge >= 0.3 is 0 Å². The fourth-order valence-corrected chi connectivity index (χ4v) is 6.82. The molecule has 0 amide bonds. The molecular formula is C28H46N6O. The van der Waals surface area contributed by atoms with Crippen molar-refractivity contribution in [1.29, 1.82) is 0 Å². The standard InChI is InChI=1S/C28H46N6O/c1-20(2)27(35)19-31-11-13-32(14-12-31)24-7-5-22(6-8-24)23-15-29-28(30-16-23)34-25-9-10-26(34)18-33(17-25)21(3)4/h15-16,20-22,24-26H,5-14,17-19H2,1-4H3/t22-,24+,25?,26?. The number of anilines is 1. The first-order valence-electron chi connectivity index (χ1n) is 14.2. The molecule has 1 aromatic heterocycles. The maximum atomic E-state index is 12.1. The summed E-state index contributed by atoms with van der Waals surface area (Å²) in [6.07, 6.45) is 11.8. The number of carbonyl (C=O) groups is 1. The number of hydrogen-bond donors (Lipinski definition) is 0. The van der Waals surface area contributed by atoms with E-state index in [1.807, 2.05) is 13.8 Å². The molecule has 7 heteroatoms. The summed E-state index contributed by atoms with van der Waals surface area (Å²) >= 11 is 0. The summed E-state index contributed by atoms with van der Waals surface area (Å²) < 4.78 is 0. The van der Waals surface area contributed by atoms with Gasteiger partial charge in [-0.1, -0.05) is 13.8 Å². The van der Waals surface area contributed by atoms with Gasteiger partial charge in [0, 0.05) is 81.7 Å². The number of hydrogen-bond acceptors (Lipinski definition) is 7. The number of rotatable bonds is 7. The van der Waals surface area contributed by atoms with Crippen molar-refractivity contribution >= 4 is 11.7 Å². The SMILES string of the molecule is CC(C)C(=O)CN1CCN([C@H]2CC[C@@H](c3cnc(N4C5CCC4CN(C(C)C)C5)nc3)CC2)CC1. The topological polar surface area (TPSA) is 55.8 Å². The Bertz CT molecular complexity index is 828. The average molecular weight is 483 g/mol. The van der Waals surface area contributed by atoms with Crippen LogP contribution in [0.5, 0.6) is 0 Å². The van der Waals surface area contributed by atoms with Gasteiger partial charge in [-0.2, -0.15) is 0 Å². The molecular weight excluding hydrogens is 436 g/mol. The Labute approximate surface area is 212 Å². The number of carbonyl (C=O) groups excluding carboxylic acids is 1. The molecule has 2 atom stereocenters. The molecule has 7 nitrogen and oxygen atoms in total. The van der Waals surface area contributed by atoms with Crippen molar-refractivity contribution in [2.24, 2.45) is 5.92 Å². The number of Topliss-reactive ketones (excluding diaryl/α,β-unsaturated/α-hetero) is 1. The van der Waals surface area contributed by atoms with Crippen molar-refractivity contribution in [2.45, 2.75) is 96.3 Å². The van der Waals surface area contributed by atoms with Gasteiger partial charge in [0.15, 0.2) is 0 Å². The van der Waals surface area contributed by atoms with Gasteiger partial charge in [-0.3, -0.25) is 19.5 Å². The summed E-state index contributed by atoms with van der Waals surface area (Å²) in [7, 11) is 0. The summed E-state index contributed by atoms with van der Waals surface area (Å²) in [5.41, 5.74) is 1.33. The summed E-state index contributed by atoms with van der Waals surface area (Å²) in [6, 6.07) is 2.46. The van der Waals surface area contributed by atoms with E-state index in [-0.39, 0.29) is 5.92 Å². The minimum atomic E-state index is 0.145. The first kappa shape index (κ1) is 25.1. The molecule has 2 unspecified atom stereocenters. The number of aromatic nitrogens is 2. The molecule has 35 heavy (non-hydrogen) atoms. The van der Waals surface area contributed by atoms with E-state index in [2.05, 4.69) is 45.8 Å². The van der Waals surface area contributed by atoms with Gasteiger partial charge in [0.2, 0.25) is 5.95 Å². The summed E-state index contributed by atoms with van der Waals surface area (Å²) in [6.45, 7) is 15.8. The number of piperazine rings is 2. The highest BCUT2D eigenvalue weighted by Gasteiger charge is 2.41. The zero-order valence-electron chi connectivity index (χ0n) is 22.4. The van der Waals surface area contributed by atoms with Crippen molar-refractivity contribution in [2.75, 3.05) is 50.7 Å². The highest BCUT2D eigenvalue weighted by molar-refractivity contribution is 5.82. The molecule has 194 valence electrons. The lowest BCUT2D eigenvalue weighted by Crippen LogP contribution is -2.56. The van der Waals surface area contributed by atoms with E-state index in [4.69, 9.17) is 9.97 Å². The second-order valence-electron chi connectivity index (χ2n) is 12.1. The highest BCUT2D eigenvalue weighted by Crippen LogP contribution is 2.37. The minimum Gasteiger partial charge on any atom is -0.332 e. The van der Waals surface area contributed by atoms with Crippen LogP contribution in [0.3, 0.4) is 0 Å². The third-order valence-corrected chi connectivity index (χ3v) is 9.24. The molecule has 1 aliphatic carbocycles. The van der Waals surface area contributed by atoms with Crippen LogP contribution in [-0.4, -0.2) is 100 Å². The van der Waals surface area contributed by atoms with Gasteiger partial charge in [0.05, 0.1) is 6.54 Å². The van der Waals surface area contributed by atoms with E-state index >= 15 is 0 Å². The Kier molecular flexibility index (Phi) is 7.75. The molecule has 4 heterocycles. The molecule has 0 N–H and O–H groups in total. The van der Waals surface area contributed by atoms with Crippen LogP contribution >= 0.6 is 0 Å². The van der Waals surface area contributed by atoms with Crippen molar-refractivity contribution < 1.29 is 4.79 Å². The molecule has 4 aliphatic rings. The van der Waals surface area contributed by atoms with Gasteiger partial charge in [0.1, 0.15) is 5.78 Å². The van der Waals surface area contributed by atoms with Crippen molar-refractivity contribution in [3.8, 4) is 0 Å². The van der Waals surface area contributed by atoms with Gasteiger partial charge in [-0.15, -0.1) is 0 Å². The molecule has 2 bridgehead atoms. The molecule has 3 aliphatic heterocycles. The van der Waals surface area contributed by atoms with E-state index in [1.165, 1.54) is 44.1 Å². The summed E-state index contributed by atoms with van der Waals surface area (Å²) in [5, 5.41) is 0. The molecule has 0 aromatic carbocycles. The molecule has 3 saturated heterocycles. The average Bonchev–Trinajstić information content (AvgIpc) is 3.13. The lowest BCUT2D eigenvalue weighted by Gasteiger charge is -2.43. The maximum absolute atomic E-state index is 12.1. The van der Waals surface area contributed by atoms with E-state index < -0.39 is 0 Å². The van der Waals surface area contributed by atoms with E-state index in [0.29, 0.717) is 42.4 Å². The molecule has 0 radical (unpaired) electrons. The normalized spacial score (nSPS) is 31.0. The first-order chi connectivity index (χ1) is 16.9. The number of nitrogens with zero attached hydrogens (tertiary/aromatic N) is 6. The Morgan fingerprint density at radius 3 is 1.97 bits per heavy atom. The van der Waals surface area contributed by atoms with E-state index in [0.717, 1.165) is 45.2 Å². The van der Waals surface area contributed by atoms with Crippen LogP contribution in [0, 0.1) is 5.92 Å². The minimum absolute atomic E-state index is 0.145. The third kappa shape index (κ3) is 5.57. The predicted octanol–water partition coefficient (Wildman–Crippen LogP) is 3.41. The second kappa shape index (κ2) is 10.8. The van der Waals surface area contributed by atoms with Crippen molar-refractivity contribution in [3.05, 3.63) is 18.0 Å². The highest BCUT2D eigenvalue weighted by atomic mass is 16.1. The van der Waals surface area contributed by atoms with Crippen LogP contribution in [0.2, 0.25) is 0 Å². The molecule has 4 fully saturated rings. The fourth-order valence-electron chi connectivity index (χ4n) is 6.82. The van der Waals surface area contributed by atoms with Crippen LogP contribution < -0.4 is 4.90 Å². The van der Waals surface area contributed by atoms with Crippen LogP contribution in [0.25, 0.3) is 0 Å². The maximum Gasteiger partial charge on any atom is 0.225 e. The Balaban J connectivity index is 1.10. The summed E-state index contributed by atoms with van der Waals surface area (Å²) in [5.74, 6) is 2.07. The molecule has 0 spiro atoms. The van der Waals surface area contributed by atoms with Crippen LogP contribution in [0.15, 0.2) is 12.4 Å². The van der Waals surface area contributed by atoms with Gasteiger partial charge in [-0.05, 0) is 63.9 Å². The predicted molar refractivity (Wildman–Crippen MR) is 141 cm³/mol. The third-order valence-electron chi connectivity index (χ3n) is 9.24. The van der Waals surface area contributed by atoms with Crippen molar-refractivity contribution in [3.63, 3.8) is 0 Å². The Hall–Kier alpha value is -1.57.